The number of aliphatic hydroxyl groups excluding tert-OH is 1. The molecule has 0 aliphatic rings. The molecule has 0 saturated heterocycles. The Bertz CT molecular complexity index is 522. The maximum absolute atomic E-state index is 13.0. The molecule has 0 spiro atoms. The van der Waals surface area contributed by atoms with Crippen molar-refractivity contribution >= 4 is 0 Å². The predicted molar refractivity (Wildman–Crippen MR) is 64.2 cm³/mol. The van der Waals surface area contributed by atoms with Crippen molar-refractivity contribution in [3.05, 3.63) is 64.7 Å². The maximum Gasteiger partial charge on any atom is 0.123 e. The molecule has 0 saturated carbocycles. The lowest BCUT2D eigenvalue weighted by atomic mass is 9.98. The maximum atomic E-state index is 13.0. The fraction of sp³-hybridized carbons (Fsp3) is 0.214. The Morgan fingerprint density at radius 3 is 2.53 bits per heavy atom. The van der Waals surface area contributed by atoms with Gasteiger partial charge in [0.05, 0.1) is 0 Å². The molecule has 2 nitrogen and oxygen atoms in total. The zero-order valence-corrected chi connectivity index (χ0v) is 9.81. The van der Waals surface area contributed by atoms with Gasteiger partial charge in [-0.2, -0.15) is 0 Å². The Labute approximate surface area is 99.8 Å². The SMILES string of the molecule is Cc1ccc(C(O)c2ccc(F)cc2C)cn1. The highest BCUT2D eigenvalue weighted by molar-refractivity contribution is 5.34. The Hall–Kier alpha value is -1.74. The summed E-state index contributed by atoms with van der Waals surface area (Å²) in [7, 11) is 0. The van der Waals surface area contributed by atoms with Gasteiger partial charge in [-0.05, 0) is 43.2 Å². The molecular weight excluding hydrogens is 217 g/mol. The van der Waals surface area contributed by atoms with Crippen LogP contribution in [0.25, 0.3) is 0 Å². The first-order chi connectivity index (χ1) is 8.08. The van der Waals surface area contributed by atoms with Crippen molar-refractivity contribution in [2.24, 2.45) is 0 Å². The predicted octanol–water partition coefficient (Wildman–Crippen LogP) is 2.92. The summed E-state index contributed by atoms with van der Waals surface area (Å²) in [5.41, 5.74) is 3.05. The van der Waals surface area contributed by atoms with Gasteiger partial charge >= 0.3 is 0 Å². The molecule has 2 rings (SSSR count). The number of aryl methyl sites for hydroxylation is 2. The molecule has 0 radical (unpaired) electrons. The van der Waals surface area contributed by atoms with E-state index in [-0.39, 0.29) is 5.82 Å². The molecule has 1 heterocycles. The van der Waals surface area contributed by atoms with E-state index in [2.05, 4.69) is 4.98 Å². The molecule has 1 atom stereocenters. The molecule has 1 N–H and O–H groups in total. The lowest BCUT2D eigenvalue weighted by Crippen LogP contribution is -2.03. The van der Waals surface area contributed by atoms with E-state index in [1.807, 2.05) is 19.1 Å². The van der Waals surface area contributed by atoms with Crippen molar-refractivity contribution in [3.63, 3.8) is 0 Å². The van der Waals surface area contributed by atoms with Gasteiger partial charge in [0.1, 0.15) is 11.9 Å². The van der Waals surface area contributed by atoms with Crippen LogP contribution in [0, 0.1) is 19.7 Å². The summed E-state index contributed by atoms with van der Waals surface area (Å²) in [6.45, 7) is 3.67. The smallest absolute Gasteiger partial charge is 0.123 e. The second-order valence-electron chi connectivity index (χ2n) is 4.14. The van der Waals surface area contributed by atoms with Gasteiger partial charge in [0.15, 0.2) is 0 Å². The van der Waals surface area contributed by atoms with E-state index in [4.69, 9.17) is 0 Å². The van der Waals surface area contributed by atoms with Crippen LogP contribution >= 0.6 is 0 Å². The molecule has 1 aromatic carbocycles. The number of hydrogen-bond acceptors (Lipinski definition) is 2. The Balaban J connectivity index is 2.36. The zero-order valence-electron chi connectivity index (χ0n) is 9.81. The van der Waals surface area contributed by atoms with Gasteiger partial charge in [0.25, 0.3) is 0 Å². The molecule has 2 aromatic rings. The van der Waals surface area contributed by atoms with Crippen molar-refractivity contribution in [2.75, 3.05) is 0 Å². The van der Waals surface area contributed by atoms with Gasteiger partial charge in [-0.1, -0.05) is 12.1 Å². The van der Waals surface area contributed by atoms with Crippen LogP contribution in [-0.2, 0) is 0 Å². The van der Waals surface area contributed by atoms with E-state index in [0.29, 0.717) is 11.1 Å². The number of aliphatic hydroxyl groups is 1. The molecule has 88 valence electrons. The van der Waals surface area contributed by atoms with Crippen molar-refractivity contribution in [1.82, 2.24) is 4.98 Å². The van der Waals surface area contributed by atoms with E-state index < -0.39 is 6.10 Å². The molecule has 17 heavy (non-hydrogen) atoms. The molecule has 0 amide bonds. The Morgan fingerprint density at radius 1 is 1.18 bits per heavy atom. The molecular formula is C14H14FNO. The third-order valence-corrected chi connectivity index (χ3v) is 2.78. The zero-order chi connectivity index (χ0) is 12.4. The molecule has 3 heteroatoms. The lowest BCUT2D eigenvalue weighted by Gasteiger charge is -2.14. The minimum atomic E-state index is -0.760. The fourth-order valence-electron chi connectivity index (χ4n) is 1.77. The Kier molecular flexibility index (Phi) is 3.20. The number of hydrogen-bond donors (Lipinski definition) is 1. The highest BCUT2D eigenvalue weighted by Gasteiger charge is 2.13. The van der Waals surface area contributed by atoms with Crippen LogP contribution in [0.3, 0.4) is 0 Å². The fourth-order valence-corrected chi connectivity index (χ4v) is 1.77. The number of rotatable bonds is 2. The van der Waals surface area contributed by atoms with E-state index in [0.717, 1.165) is 11.3 Å². The van der Waals surface area contributed by atoms with E-state index in [1.165, 1.54) is 12.1 Å². The summed E-state index contributed by atoms with van der Waals surface area (Å²) in [4.78, 5) is 4.14. The number of pyridine rings is 1. The van der Waals surface area contributed by atoms with Gasteiger partial charge < -0.3 is 5.11 Å². The first-order valence-electron chi connectivity index (χ1n) is 5.44. The summed E-state index contributed by atoms with van der Waals surface area (Å²) in [6.07, 6.45) is 0.881. The van der Waals surface area contributed by atoms with Crippen molar-refractivity contribution < 1.29 is 9.50 Å². The normalized spacial score (nSPS) is 12.5. The van der Waals surface area contributed by atoms with Crippen LogP contribution in [0.1, 0.15) is 28.5 Å². The third kappa shape index (κ3) is 2.50. The average Bonchev–Trinajstić information content (AvgIpc) is 2.29. The highest BCUT2D eigenvalue weighted by atomic mass is 19.1. The minimum absolute atomic E-state index is 0.291. The van der Waals surface area contributed by atoms with Gasteiger partial charge in [0.2, 0.25) is 0 Å². The summed E-state index contributed by atoms with van der Waals surface area (Å²) in [5.74, 6) is -0.291. The van der Waals surface area contributed by atoms with Crippen LogP contribution in [0.2, 0.25) is 0 Å². The number of halogens is 1. The van der Waals surface area contributed by atoms with E-state index in [9.17, 15) is 9.50 Å². The van der Waals surface area contributed by atoms with Gasteiger partial charge in [-0.3, -0.25) is 4.98 Å². The second-order valence-corrected chi connectivity index (χ2v) is 4.14. The van der Waals surface area contributed by atoms with Gasteiger partial charge in [-0.25, -0.2) is 4.39 Å². The highest BCUT2D eigenvalue weighted by Crippen LogP contribution is 2.24. The second kappa shape index (κ2) is 4.63. The average molecular weight is 231 g/mol. The van der Waals surface area contributed by atoms with E-state index in [1.54, 1.807) is 19.2 Å². The summed E-state index contributed by atoms with van der Waals surface area (Å²) >= 11 is 0. The van der Waals surface area contributed by atoms with Crippen LogP contribution in [0.4, 0.5) is 4.39 Å². The third-order valence-electron chi connectivity index (χ3n) is 2.78. The van der Waals surface area contributed by atoms with Gasteiger partial charge in [-0.15, -0.1) is 0 Å². The van der Waals surface area contributed by atoms with Crippen LogP contribution in [0.5, 0.6) is 0 Å². The van der Waals surface area contributed by atoms with Crippen molar-refractivity contribution in [2.45, 2.75) is 20.0 Å². The molecule has 0 aliphatic carbocycles. The van der Waals surface area contributed by atoms with Gasteiger partial charge in [0, 0.05) is 17.5 Å². The lowest BCUT2D eigenvalue weighted by molar-refractivity contribution is 0.219. The van der Waals surface area contributed by atoms with Crippen LogP contribution < -0.4 is 0 Å². The minimum Gasteiger partial charge on any atom is -0.384 e. The first kappa shape index (κ1) is 11.7. The molecule has 0 bridgehead atoms. The number of aromatic nitrogens is 1. The standard InChI is InChI=1S/C14H14FNO/c1-9-7-12(15)5-6-13(9)14(17)11-4-3-10(2)16-8-11/h3-8,14,17H,1-2H3. The summed E-state index contributed by atoms with van der Waals surface area (Å²) in [5, 5.41) is 10.2. The quantitative estimate of drug-likeness (QED) is 0.862. The molecule has 0 aliphatic heterocycles. The molecule has 1 aromatic heterocycles. The van der Waals surface area contributed by atoms with Crippen LogP contribution in [0.15, 0.2) is 36.5 Å². The topological polar surface area (TPSA) is 33.1 Å². The largest absolute Gasteiger partial charge is 0.384 e. The Morgan fingerprint density at radius 2 is 1.94 bits per heavy atom. The summed E-state index contributed by atoms with van der Waals surface area (Å²) in [6, 6.07) is 8.05. The van der Waals surface area contributed by atoms with E-state index >= 15 is 0 Å². The number of nitrogens with zero attached hydrogens (tertiary/aromatic N) is 1. The summed E-state index contributed by atoms with van der Waals surface area (Å²) < 4.78 is 13.0. The molecule has 0 fully saturated rings. The van der Waals surface area contributed by atoms with Crippen molar-refractivity contribution in [1.29, 1.82) is 0 Å². The number of benzene rings is 1. The monoisotopic (exact) mass is 231 g/mol. The first-order valence-corrected chi connectivity index (χ1v) is 5.44. The molecule has 1 unspecified atom stereocenters. The van der Waals surface area contributed by atoms with Crippen LogP contribution in [-0.4, -0.2) is 10.1 Å². The van der Waals surface area contributed by atoms with Crippen molar-refractivity contribution in [3.8, 4) is 0 Å².